The third-order valence-corrected chi connectivity index (χ3v) is 3.84. The fraction of sp³-hybridized carbons (Fsp3) is 0.0952. The van der Waals surface area contributed by atoms with Crippen LogP contribution in [0.15, 0.2) is 66.7 Å². The van der Waals surface area contributed by atoms with E-state index >= 15 is 0 Å². The van der Waals surface area contributed by atoms with Crippen molar-refractivity contribution in [3.63, 3.8) is 0 Å². The minimum Gasteiger partial charge on any atom is -0.508 e. The van der Waals surface area contributed by atoms with E-state index in [4.69, 9.17) is 9.47 Å². The number of phenols is 1. The summed E-state index contributed by atoms with van der Waals surface area (Å²) in [7, 11) is 0. The van der Waals surface area contributed by atoms with Crippen LogP contribution in [-0.4, -0.2) is 11.3 Å². The van der Waals surface area contributed by atoms with Crippen molar-refractivity contribution >= 4 is 6.16 Å². The standard InChI is InChI=1S/C21H18O4/c1-14-12-16(8-10-19(14)22)17-9-11-20(15(2)13-17)25-21(23)24-18-6-4-3-5-7-18/h3-13,22H,1-2H3. The zero-order valence-electron chi connectivity index (χ0n) is 14.0. The molecule has 0 radical (unpaired) electrons. The minimum atomic E-state index is -0.775. The van der Waals surface area contributed by atoms with Gasteiger partial charge in [-0.2, -0.15) is 0 Å². The number of ether oxygens (including phenoxy) is 2. The van der Waals surface area contributed by atoms with Crippen molar-refractivity contribution < 1.29 is 19.4 Å². The second-order valence-corrected chi connectivity index (χ2v) is 5.75. The predicted molar refractivity (Wildman–Crippen MR) is 96.1 cm³/mol. The Labute approximate surface area is 146 Å². The van der Waals surface area contributed by atoms with Crippen LogP contribution in [0.4, 0.5) is 4.79 Å². The Morgan fingerprint density at radius 2 is 1.44 bits per heavy atom. The van der Waals surface area contributed by atoms with Crippen LogP contribution in [-0.2, 0) is 0 Å². The van der Waals surface area contributed by atoms with Gasteiger partial charge in [0.25, 0.3) is 0 Å². The average molecular weight is 334 g/mol. The first-order valence-electron chi connectivity index (χ1n) is 7.88. The molecule has 0 amide bonds. The summed E-state index contributed by atoms with van der Waals surface area (Å²) in [6.45, 7) is 3.71. The van der Waals surface area contributed by atoms with Gasteiger partial charge in [0, 0.05) is 0 Å². The van der Waals surface area contributed by atoms with Crippen molar-refractivity contribution in [3.8, 4) is 28.4 Å². The van der Waals surface area contributed by atoms with E-state index in [9.17, 15) is 9.90 Å². The number of hydrogen-bond acceptors (Lipinski definition) is 4. The molecule has 0 aliphatic carbocycles. The molecule has 0 fully saturated rings. The van der Waals surface area contributed by atoms with Gasteiger partial charge in [0.15, 0.2) is 0 Å². The number of benzene rings is 3. The van der Waals surface area contributed by atoms with Gasteiger partial charge in [-0.05, 0) is 72.5 Å². The minimum absolute atomic E-state index is 0.268. The van der Waals surface area contributed by atoms with Crippen molar-refractivity contribution in [3.05, 3.63) is 77.9 Å². The second kappa shape index (κ2) is 7.09. The van der Waals surface area contributed by atoms with Crippen molar-refractivity contribution in [1.82, 2.24) is 0 Å². The molecule has 25 heavy (non-hydrogen) atoms. The Kier molecular flexibility index (Phi) is 4.70. The Bertz CT molecular complexity index is 901. The Morgan fingerprint density at radius 1 is 0.800 bits per heavy atom. The van der Waals surface area contributed by atoms with Crippen molar-refractivity contribution in [2.45, 2.75) is 13.8 Å². The molecule has 0 unspecified atom stereocenters. The largest absolute Gasteiger partial charge is 0.519 e. The number of phenolic OH excluding ortho intramolecular Hbond substituents is 1. The first-order chi connectivity index (χ1) is 12.0. The maximum Gasteiger partial charge on any atom is 0.519 e. The SMILES string of the molecule is Cc1cc(-c2ccc(OC(=O)Oc3ccccc3)c(C)c2)ccc1O. The number of aromatic hydroxyl groups is 1. The highest BCUT2D eigenvalue weighted by Gasteiger charge is 2.11. The molecule has 0 aliphatic rings. The summed E-state index contributed by atoms with van der Waals surface area (Å²) in [6.07, 6.45) is -0.775. The fourth-order valence-corrected chi connectivity index (χ4v) is 2.47. The summed E-state index contributed by atoms with van der Waals surface area (Å²) >= 11 is 0. The number of aryl methyl sites for hydroxylation is 2. The molecule has 0 spiro atoms. The molecule has 3 rings (SSSR count). The third-order valence-electron chi connectivity index (χ3n) is 3.84. The number of carbonyl (C=O) groups excluding carboxylic acids is 1. The van der Waals surface area contributed by atoms with Gasteiger partial charge < -0.3 is 14.6 Å². The van der Waals surface area contributed by atoms with E-state index in [0.717, 1.165) is 22.3 Å². The van der Waals surface area contributed by atoms with Gasteiger partial charge in [-0.25, -0.2) is 4.79 Å². The van der Waals surface area contributed by atoms with Crippen LogP contribution in [0.5, 0.6) is 17.2 Å². The molecular weight excluding hydrogens is 316 g/mol. The summed E-state index contributed by atoms with van der Waals surface area (Å²) in [4.78, 5) is 11.9. The third kappa shape index (κ3) is 3.98. The van der Waals surface area contributed by atoms with Crippen LogP contribution in [0.1, 0.15) is 11.1 Å². The van der Waals surface area contributed by atoms with Gasteiger partial charge in [0.1, 0.15) is 17.2 Å². The molecule has 3 aromatic carbocycles. The Hall–Kier alpha value is -3.27. The highest BCUT2D eigenvalue weighted by Crippen LogP contribution is 2.29. The number of hydrogen-bond donors (Lipinski definition) is 1. The van der Waals surface area contributed by atoms with Crippen LogP contribution in [0.2, 0.25) is 0 Å². The summed E-state index contributed by atoms with van der Waals surface area (Å²) in [5, 5.41) is 9.64. The van der Waals surface area contributed by atoms with Crippen molar-refractivity contribution in [1.29, 1.82) is 0 Å². The molecule has 0 bridgehead atoms. The lowest BCUT2D eigenvalue weighted by molar-refractivity contribution is 0.151. The van der Waals surface area contributed by atoms with Gasteiger partial charge in [-0.1, -0.05) is 30.3 Å². The monoisotopic (exact) mass is 334 g/mol. The molecular formula is C21H18O4. The van der Waals surface area contributed by atoms with Gasteiger partial charge in [-0.3, -0.25) is 0 Å². The van der Waals surface area contributed by atoms with Crippen LogP contribution < -0.4 is 9.47 Å². The van der Waals surface area contributed by atoms with E-state index in [-0.39, 0.29) is 5.75 Å². The smallest absolute Gasteiger partial charge is 0.508 e. The zero-order chi connectivity index (χ0) is 17.8. The highest BCUT2D eigenvalue weighted by atomic mass is 16.7. The molecule has 0 saturated heterocycles. The summed E-state index contributed by atoms with van der Waals surface area (Å²) in [6, 6.07) is 19.7. The van der Waals surface area contributed by atoms with E-state index in [0.29, 0.717) is 11.5 Å². The molecule has 0 atom stereocenters. The Balaban J connectivity index is 1.75. The molecule has 0 aliphatic heterocycles. The molecule has 3 aromatic rings. The normalized spacial score (nSPS) is 10.3. The second-order valence-electron chi connectivity index (χ2n) is 5.75. The lowest BCUT2D eigenvalue weighted by atomic mass is 10.0. The molecule has 4 heteroatoms. The van der Waals surface area contributed by atoms with Crippen molar-refractivity contribution in [2.75, 3.05) is 0 Å². The topological polar surface area (TPSA) is 55.8 Å². The van der Waals surface area contributed by atoms with Gasteiger partial charge in [0.05, 0.1) is 0 Å². The van der Waals surface area contributed by atoms with Gasteiger partial charge in [0.2, 0.25) is 0 Å². The molecule has 126 valence electrons. The lowest BCUT2D eigenvalue weighted by Crippen LogP contribution is -2.14. The summed E-state index contributed by atoms with van der Waals surface area (Å²) in [5.74, 6) is 1.14. The summed E-state index contributed by atoms with van der Waals surface area (Å²) < 4.78 is 10.4. The first kappa shape index (κ1) is 16.6. The van der Waals surface area contributed by atoms with Crippen LogP contribution in [0.25, 0.3) is 11.1 Å². The van der Waals surface area contributed by atoms with Crippen LogP contribution in [0.3, 0.4) is 0 Å². The number of rotatable bonds is 3. The van der Waals surface area contributed by atoms with Gasteiger partial charge >= 0.3 is 6.16 Å². The molecule has 1 N–H and O–H groups in total. The fourth-order valence-electron chi connectivity index (χ4n) is 2.47. The Morgan fingerprint density at radius 3 is 2.08 bits per heavy atom. The number of para-hydroxylation sites is 1. The van der Waals surface area contributed by atoms with E-state index in [1.165, 1.54) is 0 Å². The first-order valence-corrected chi connectivity index (χ1v) is 7.88. The molecule has 0 aromatic heterocycles. The molecule has 4 nitrogen and oxygen atoms in total. The maximum atomic E-state index is 11.9. The van der Waals surface area contributed by atoms with Crippen LogP contribution in [0, 0.1) is 13.8 Å². The van der Waals surface area contributed by atoms with E-state index in [1.807, 2.05) is 44.2 Å². The number of carbonyl (C=O) groups is 1. The van der Waals surface area contributed by atoms with E-state index in [1.54, 1.807) is 36.4 Å². The van der Waals surface area contributed by atoms with E-state index < -0.39 is 6.16 Å². The van der Waals surface area contributed by atoms with Crippen molar-refractivity contribution in [2.24, 2.45) is 0 Å². The maximum absolute atomic E-state index is 11.9. The predicted octanol–water partition coefficient (Wildman–Crippen LogP) is 5.25. The lowest BCUT2D eigenvalue weighted by Gasteiger charge is -2.10. The molecule has 0 saturated carbocycles. The quantitative estimate of drug-likeness (QED) is 0.525. The highest BCUT2D eigenvalue weighted by molar-refractivity contribution is 5.71. The molecule has 0 heterocycles. The zero-order valence-corrected chi connectivity index (χ0v) is 14.0. The van der Waals surface area contributed by atoms with Gasteiger partial charge in [-0.15, -0.1) is 0 Å². The van der Waals surface area contributed by atoms with Crippen LogP contribution >= 0.6 is 0 Å². The van der Waals surface area contributed by atoms with E-state index in [2.05, 4.69) is 0 Å². The average Bonchev–Trinajstić information content (AvgIpc) is 2.60. The summed E-state index contributed by atoms with van der Waals surface area (Å²) in [5.41, 5.74) is 3.58.